The number of ketones is 2. The SMILES string of the molecule is COC1=C(C)C(=O)c2c(cc(O)c(CSC[C@@H](NC(C)=O)C(=O)O)c2O)C1=O. The van der Waals surface area contributed by atoms with E-state index in [9.17, 15) is 29.4 Å². The first-order valence-electron chi connectivity index (χ1n) is 8.09. The molecule has 28 heavy (non-hydrogen) atoms. The lowest BCUT2D eigenvalue weighted by atomic mass is 9.86. The lowest BCUT2D eigenvalue weighted by Crippen LogP contribution is -2.41. The molecule has 0 saturated heterocycles. The highest BCUT2D eigenvalue weighted by atomic mass is 32.2. The summed E-state index contributed by atoms with van der Waals surface area (Å²) >= 11 is 1.02. The molecule has 1 aromatic rings. The number of amides is 1. The van der Waals surface area contributed by atoms with Crippen molar-refractivity contribution in [3.8, 4) is 11.5 Å². The van der Waals surface area contributed by atoms with E-state index in [-0.39, 0.29) is 39.5 Å². The second kappa shape index (κ2) is 8.34. The Balaban J connectivity index is 2.31. The molecule has 0 aromatic heterocycles. The van der Waals surface area contributed by atoms with E-state index in [1.807, 2.05) is 0 Å². The van der Waals surface area contributed by atoms with Crippen molar-refractivity contribution in [1.82, 2.24) is 5.32 Å². The Morgan fingerprint density at radius 1 is 1.25 bits per heavy atom. The molecule has 1 aliphatic carbocycles. The molecule has 0 unspecified atom stereocenters. The number of aliphatic carboxylic acids is 1. The van der Waals surface area contributed by atoms with Gasteiger partial charge >= 0.3 is 5.97 Å². The molecule has 0 saturated carbocycles. The maximum Gasteiger partial charge on any atom is 0.327 e. The zero-order valence-corrected chi connectivity index (χ0v) is 16.2. The molecule has 0 spiro atoms. The minimum Gasteiger partial charge on any atom is -0.507 e. The molecule has 0 fully saturated rings. The Morgan fingerprint density at radius 2 is 1.89 bits per heavy atom. The number of fused-ring (bicyclic) bond motifs is 1. The predicted octanol–water partition coefficient (Wildman–Crippen LogP) is 1.22. The Hall–Kier alpha value is -3.01. The third kappa shape index (κ3) is 3.96. The van der Waals surface area contributed by atoms with Gasteiger partial charge in [-0.15, -0.1) is 0 Å². The summed E-state index contributed by atoms with van der Waals surface area (Å²) in [6.07, 6.45) is 0. The third-order valence-corrected chi connectivity index (χ3v) is 5.21. The molecule has 0 bridgehead atoms. The van der Waals surface area contributed by atoms with Gasteiger partial charge in [0.15, 0.2) is 11.5 Å². The second-order valence-corrected chi connectivity index (χ2v) is 7.10. The van der Waals surface area contributed by atoms with E-state index in [4.69, 9.17) is 9.84 Å². The molecule has 2 rings (SSSR count). The maximum atomic E-state index is 12.5. The van der Waals surface area contributed by atoms with Crippen molar-refractivity contribution in [2.75, 3.05) is 12.9 Å². The van der Waals surface area contributed by atoms with E-state index >= 15 is 0 Å². The van der Waals surface area contributed by atoms with Gasteiger partial charge < -0.3 is 25.4 Å². The summed E-state index contributed by atoms with van der Waals surface area (Å²) in [5, 5.41) is 32.1. The highest BCUT2D eigenvalue weighted by molar-refractivity contribution is 7.98. The Bertz CT molecular complexity index is 905. The van der Waals surface area contributed by atoms with Crippen LogP contribution in [0.5, 0.6) is 11.5 Å². The minimum absolute atomic E-state index is 0.00877. The Kier molecular flexibility index (Phi) is 6.34. The van der Waals surface area contributed by atoms with Gasteiger partial charge in [0, 0.05) is 35.1 Å². The van der Waals surface area contributed by atoms with Gasteiger partial charge in [-0.05, 0) is 13.0 Å². The number of methoxy groups -OCH3 is 1. The summed E-state index contributed by atoms with van der Waals surface area (Å²) < 4.78 is 4.95. The minimum atomic E-state index is -1.23. The average molecular weight is 409 g/mol. The molecule has 1 aliphatic rings. The van der Waals surface area contributed by atoms with Gasteiger partial charge in [-0.25, -0.2) is 4.79 Å². The number of allylic oxidation sites excluding steroid dienone is 2. The molecular formula is C18H19NO8S. The van der Waals surface area contributed by atoms with Crippen LogP contribution in [0.2, 0.25) is 0 Å². The molecule has 1 atom stereocenters. The molecule has 0 radical (unpaired) electrons. The fraction of sp³-hybridized carbons (Fsp3) is 0.333. The zero-order chi connectivity index (χ0) is 21.2. The number of carbonyl (C=O) groups is 4. The van der Waals surface area contributed by atoms with Gasteiger partial charge in [0.1, 0.15) is 17.5 Å². The fourth-order valence-corrected chi connectivity index (χ4v) is 3.84. The molecule has 10 heteroatoms. The third-order valence-electron chi connectivity index (χ3n) is 4.15. The highest BCUT2D eigenvalue weighted by Gasteiger charge is 2.35. The highest BCUT2D eigenvalue weighted by Crippen LogP contribution is 2.40. The average Bonchev–Trinajstić information content (AvgIpc) is 2.61. The molecule has 1 amide bonds. The van der Waals surface area contributed by atoms with Gasteiger partial charge in [-0.3, -0.25) is 14.4 Å². The monoisotopic (exact) mass is 409 g/mol. The summed E-state index contributed by atoms with van der Waals surface area (Å²) in [4.78, 5) is 47.2. The summed E-state index contributed by atoms with van der Waals surface area (Å²) in [5.41, 5.74) is -0.368. The number of phenolic OH excluding ortho intramolecular Hbond substituents is 2. The number of hydrogen-bond acceptors (Lipinski definition) is 8. The number of benzene rings is 1. The van der Waals surface area contributed by atoms with E-state index in [1.165, 1.54) is 21.0 Å². The van der Waals surface area contributed by atoms with Gasteiger partial charge in [0.2, 0.25) is 11.7 Å². The number of carboxylic acids is 1. The van der Waals surface area contributed by atoms with Crippen LogP contribution in [0.15, 0.2) is 17.4 Å². The van der Waals surface area contributed by atoms with Crippen molar-refractivity contribution in [3.63, 3.8) is 0 Å². The Labute approximate surface area is 164 Å². The standard InChI is InChI=1S/C18H19NO8S/c1-7-14(22)13-9(16(24)17(7)27-3)4-12(21)10(15(13)23)5-28-6-11(18(25)26)19-8(2)20/h4,11,21,23H,5-6H2,1-3H3,(H,19,20)(H,25,26)/t11-/m1/s1. The van der Waals surface area contributed by atoms with Gasteiger partial charge in [0.05, 0.1) is 12.7 Å². The molecule has 0 aliphatic heterocycles. The van der Waals surface area contributed by atoms with E-state index in [0.717, 1.165) is 17.8 Å². The molecule has 0 heterocycles. The number of nitrogens with one attached hydrogen (secondary N) is 1. The largest absolute Gasteiger partial charge is 0.507 e. The van der Waals surface area contributed by atoms with Crippen LogP contribution in [-0.4, -0.2) is 57.7 Å². The lowest BCUT2D eigenvalue weighted by Gasteiger charge is -2.21. The van der Waals surface area contributed by atoms with Crippen molar-refractivity contribution in [2.45, 2.75) is 25.6 Å². The van der Waals surface area contributed by atoms with Gasteiger partial charge in [-0.1, -0.05) is 0 Å². The molecular weight excluding hydrogens is 390 g/mol. The lowest BCUT2D eigenvalue weighted by molar-refractivity contribution is -0.140. The van der Waals surface area contributed by atoms with Crippen molar-refractivity contribution >= 4 is 35.2 Å². The van der Waals surface area contributed by atoms with Crippen LogP contribution in [0.25, 0.3) is 0 Å². The van der Waals surface area contributed by atoms with E-state index < -0.39 is 41.0 Å². The van der Waals surface area contributed by atoms with E-state index in [1.54, 1.807) is 0 Å². The zero-order valence-electron chi connectivity index (χ0n) is 15.4. The Morgan fingerprint density at radius 3 is 2.43 bits per heavy atom. The van der Waals surface area contributed by atoms with Crippen LogP contribution in [0.3, 0.4) is 0 Å². The summed E-state index contributed by atoms with van der Waals surface area (Å²) in [6, 6.07) is -0.0684. The van der Waals surface area contributed by atoms with Gasteiger partial charge in [0.25, 0.3) is 0 Å². The maximum absolute atomic E-state index is 12.5. The fourth-order valence-electron chi connectivity index (χ4n) is 2.77. The van der Waals surface area contributed by atoms with Crippen LogP contribution in [0.1, 0.15) is 40.1 Å². The number of phenols is 2. The van der Waals surface area contributed by atoms with Crippen molar-refractivity contribution in [1.29, 1.82) is 0 Å². The van der Waals surface area contributed by atoms with Crippen LogP contribution in [0, 0.1) is 0 Å². The summed E-state index contributed by atoms with van der Waals surface area (Å²) in [6.45, 7) is 2.59. The number of rotatable bonds is 7. The van der Waals surface area contributed by atoms with E-state index in [2.05, 4.69) is 5.32 Å². The van der Waals surface area contributed by atoms with Crippen LogP contribution < -0.4 is 5.32 Å². The second-order valence-electron chi connectivity index (χ2n) is 6.07. The molecule has 9 nitrogen and oxygen atoms in total. The smallest absolute Gasteiger partial charge is 0.327 e. The molecule has 1 aromatic carbocycles. The quantitative estimate of drug-likeness (QED) is 0.521. The van der Waals surface area contributed by atoms with Gasteiger partial charge in [-0.2, -0.15) is 11.8 Å². The van der Waals surface area contributed by atoms with Crippen molar-refractivity contribution in [3.05, 3.63) is 34.1 Å². The molecule has 150 valence electrons. The first kappa shape index (κ1) is 21.3. The van der Waals surface area contributed by atoms with Crippen LogP contribution >= 0.6 is 11.8 Å². The molecule has 4 N–H and O–H groups in total. The number of Topliss-reactive ketones (excluding diaryl/α,β-unsaturated/α-hetero) is 2. The number of hydrogen-bond donors (Lipinski definition) is 4. The van der Waals surface area contributed by atoms with E-state index in [0.29, 0.717) is 0 Å². The number of thioether (sulfide) groups is 1. The summed E-state index contributed by atoms with van der Waals surface area (Å²) in [7, 11) is 1.24. The van der Waals surface area contributed by atoms with Crippen LogP contribution in [-0.2, 0) is 20.1 Å². The normalized spacial score (nSPS) is 14.5. The first-order chi connectivity index (χ1) is 13.1. The predicted molar refractivity (Wildman–Crippen MR) is 99.5 cm³/mol. The first-order valence-corrected chi connectivity index (χ1v) is 9.25. The number of carbonyl (C=O) groups excluding carboxylic acids is 3. The number of aromatic hydroxyl groups is 2. The number of ether oxygens (including phenoxy) is 1. The van der Waals surface area contributed by atoms with Crippen molar-refractivity contribution < 1.29 is 39.2 Å². The topological polar surface area (TPSA) is 150 Å². The summed E-state index contributed by atoms with van der Waals surface area (Å²) in [5.74, 6) is -4.15. The van der Waals surface area contributed by atoms with Crippen LogP contribution in [0.4, 0.5) is 0 Å². The number of carboxylic acid groups (broad SMARTS) is 1. The van der Waals surface area contributed by atoms with Crippen molar-refractivity contribution in [2.24, 2.45) is 0 Å².